The number of hydrogen-bond acceptors (Lipinski definition) is 4. The quantitative estimate of drug-likeness (QED) is 0.659. The molecule has 1 aliphatic carbocycles. The Balaban J connectivity index is 2.29. The molecule has 7 nitrogen and oxygen atoms in total. The van der Waals surface area contributed by atoms with Crippen LogP contribution in [0.2, 0.25) is 0 Å². The van der Waals surface area contributed by atoms with E-state index in [1.54, 1.807) is 7.05 Å². The third-order valence-corrected chi connectivity index (χ3v) is 3.66. The Hall–Kier alpha value is -1.63. The van der Waals surface area contributed by atoms with E-state index in [1.807, 2.05) is 11.8 Å². The van der Waals surface area contributed by atoms with Crippen molar-refractivity contribution in [3.8, 4) is 0 Å². The lowest BCUT2D eigenvalue weighted by Gasteiger charge is -2.42. The van der Waals surface area contributed by atoms with E-state index in [1.165, 1.54) is 11.8 Å². The molecule has 2 amide bonds. The maximum absolute atomic E-state index is 11.7. The Bertz CT molecular complexity index is 380. The van der Waals surface area contributed by atoms with E-state index in [4.69, 9.17) is 5.11 Å². The Morgan fingerprint density at radius 1 is 1.25 bits per heavy atom. The van der Waals surface area contributed by atoms with Gasteiger partial charge < -0.3 is 15.3 Å². The summed E-state index contributed by atoms with van der Waals surface area (Å²) in [4.78, 5) is 36.6. The van der Waals surface area contributed by atoms with E-state index in [0.717, 1.165) is 12.8 Å². The average Bonchev–Trinajstić information content (AvgIpc) is 2.30. The second-order valence-electron chi connectivity index (χ2n) is 5.22. The zero-order valence-electron chi connectivity index (χ0n) is 12.3. The van der Waals surface area contributed by atoms with E-state index < -0.39 is 5.97 Å². The third-order valence-electron chi connectivity index (χ3n) is 3.66. The van der Waals surface area contributed by atoms with Crippen LogP contribution in [0.15, 0.2) is 0 Å². The standard InChI is InChI=1S/C13H23N3O4/c1-4-16(8-13(19)20)11-5-10(6-11)14-12(18)7-15(3)9(2)17/h10-11H,4-8H2,1-3H3,(H,14,18)(H,19,20). The maximum Gasteiger partial charge on any atom is 0.317 e. The number of carboxylic acid groups (broad SMARTS) is 1. The first-order valence-corrected chi connectivity index (χ1v) is 6.80. The summed E-state index contributed by atoms with van der Waals surface area (Å²) in [6.07, 6.45) is 1.52. The molecular formula is C13H23N3O4. The number of nitrogens with one attached hydrogen (secondary N) is 1. The van der Waals surface area contributed by atoms with Crippen molar-refractivity contribution in [1.29, 1.82) is 0 Å². The van der Waals surface area contributed by atoms with Gasteiger partial charge in [-0.05, 0) is 19.4 Å². The van der Waals surface area contributed by atoms with Gasteiger partial charge in [-0.3, -0.25) is 19.3 Å². The Labute approximate surface area is 118 Å². The molecule has 0 radical (unpaired) electrons. The molecule has 0 aromatic rings. The number of amides is 2. The molecule has 2 N–H and O–H groups in total. The van der Waals surface area contributed by atoms with Gasteiger partial charge in [0.25, 0.3) is 0 Å². The highest BCUT2D eigenvalue weighted by molar-refractivity contribution is 5.83. The van der Waals surface area contributed by atoms with Crippen LogP contribution in [0.25, 0.3) is 0 Å². The monoisotopic (exact) mass is 285 g/mol. The summed E-state index contributed by atoms with van der Waals surface area (Å²) in [5, 5.41) is 11.7. The van der Waals surface area contributed by atoms with E-state index in [9.17, 15) is 14.4 Å². The Morgan fingerprint density at radius 2 is 1.85 bits per heavy atom. The summed E-state index contributed by atoms with van der Waals surface area (Å²) in [7, 11) is 1.58. The first-order chi connectivity index (χ1) is 9.33. The number of likely N-dealkylation sites (N-methyl/N-ethyl adjacent to an activating group) is 2. The number of hydrogen-bond donors (Lipinski definition) is 2. The van der Waals surface area contributed by atoms with Crippen LogP contribution in [-0.2, 0) is 14.4 Å². The molecular weight excluding hydrogens is 262 g/mol. The van der Waals surface area contributed by atoms with Crippen molar-refractivity contribution in [3.63, 3.8) is 0 Å². The molecule has 0 aliphatic heterocycles. The molecule has 114 valence electrons. The average molecular weight is 285 g/mol. The van der Waals surface area contributed by atoms with Gasteiger partial charge >= 0.3 is 5.97 Å². The minimum Gasteiger partial charge on any atom is -0.480 e. The van der Waals surface area contributed by atoms with Gasteiger partial charge in [0, 0.05) is 26.1 Å². The van der Waals surface area contributed by atoms with E-state index in [2.05, 4.69) is 5.32 Å². The zero-order valence-corrected chi connectivity index (χ0v) is 12.3. The molecule has 0 atom stereocenters. The van der Waals surface area contributed by atoms with Gasteiger partial charge in [0.05, 0.1) is 13.1 Å². The maximum atomic E-state index is 11.7. The fourth-order valence-corrected chi connectivity index (χ4v) is 2.28. The van der Waals surface area contributed by atoms with Crippen LogP contribution >= 0.6 is 0 Å². The highest BCUT2D eigenvalue weighted by atomic mass is 16.4. The van der Waals surface area contributed by atoms with Gasteiger partial charge in [-0.2, -0.15) is 0 Å². The van der Waals surface area contributed by atoms with Crippen LogP contribution in [0.4, 0.5) is 0 Å². The van der Waals surface area contributed by atoms with Crippen LogP contribution in [0.1, 0.15) is 26.7 Å². The second-order valence-corrected chi connectivity index (χ2v) is 5.22. The summed E-state index contributed by atoms with van der Waals surface area (Å²) in [5.41, 5.74) is 0. The number of carbonyl (C=O) groups is 3. The van der Waals surface area contributed by atoms with Crippen molar-refractivity contribution < 1.29 is 19.5 Å². The van der Waals surface area contributed by atoms with Crippen molar-refractivity contribution in [1.82, 2.24) is 15.1 Å². The third kappa shape index (κ3) is 4.80. The predicted molar refractivity (Wildman–Crippen MR) is 73.1 cm³/mol. The molecule has 1 rings (SSSR count). The summed E-state index contributed by atoms with van der Waals surface area (Å²) < 4.78 is 0. The van der Waals surface area contributed by atoms with E-state index in [0.29, 0.717) is 6.54 Å². The van der Waals surface area contributed by atoms with Gasteiger partial charge in [0.15, 0.2) is 0 Å². The first-order valence-electron chi connectivity index (χ1n) is 6.80. The van der Waals surface area contributed by atoms with Crippen molar-refractivity contribution >= 4 is 17.8 Å². The molecule has 0 aromatic heterocycles. The van der Waals surface area contributed by atoms with Crippen molar-refractivity contribution in [2.45, 2.75) is 38.8 Å². The number of aliphatic carboxylic acids is 1. The van der Waals surface area contributed by atoms with Crippen molar-refractivity contribution in [2.75, 3.05) is 26.7 Å². The molecule has 1 aliphatic rings. The second kappa shape index (κ2) is 7.23. The van der Waals surface area contributed by atoms with Gasteiger partial charge in [-0.15, -0.1) is 0 Å². The minimum atomic E-state index is -0.831. The first kappa shape index (κ1) is 16.4. The SMILES string of the molecule is CCN(CC(=O)O)C1CC(NC(=O)CN(C)C(C)=O)C1. The summed E-state index contributed by atoms with van der Waals surface area (Å²) in [5.74, 6) is -1.15. The van der Waals surface area contributed by atoms with Crippen LogP contribution in [0.3, 0.4) is 0 Å². The fraction of sp³-hybridized carbons (Fsp3) is 0.769. The smallest absolute Gasteiger partial charge is 0.317 e. The number of nitrogens with zero attached hydrogens (tertiary/aromatic N) is 2. The van der Waals surface area contributed by atoms with Gasteiger partial charge in [0.1, 0.15) is 0 Å². The number of rotatable bonds is 7. The fourth-order valence-electron chi connectivity index (χ4n) is 2.28. The lowest BCUT2D eigenvalue weighted by Crippen LogP contribution is -2.55. The molecule has 0 heterocycles. The summed E-state index contributed by atoms with van der Waals surface area (Å²) >= 11 is 0. The minimum absolute atomic E-state index is 0.0366. The van der Waals surface area contributed by atoms with E-state index in [-0.39, 0.29) is 37.0 Å². The molecule has 0 unspecified atom stereocenters. The molecule has 0 spiro atoms. The Morgan fingerprint density at radius 3 is 2.30 bits per heavy atom. The summed E-state index contributed by atoms with van der Waals surface area (Å²) in [6.45, 7) is 4.12. The van der Waals surface area contributed by atoms with Crippen molar-refractivity contribution in [2.24, 2.45) is 0 Å². The molecule has 1 saturated carbocycles. The highest BCUT2D eigenvalue weighted by Crippen LogP contribution is 2.25. The predicted octanol–water partition coefficient (Wildman–Crippen LogP) is -0.482. The lowest BCUT2D eigenvalue weighted by atomic mass is 9.85. The van der Waals surface area contributed by atoms with E-state index >= 15 is 0 Å². The molecule has 0 aromatic carbocycles. The van der Waals surface area contributed by atoms with Crippen LogP contribution in [0, 0.1) is 0 Å². The molecule has 1 fully saturated rings. The normalized spacial score (nSPS) is 21.2. The Kier molecular flexibility index (Phi) is 5.94. The molecule has 7 heteroatoms. The lowest BCUT2D eigenvalue weighted by molar-refractivity contribution is -0.139. The van der Waals surface area contributed by atoms with Gasteiger partial charge in [-0.1, -0.05) is 6.92 Å². The number of carbonyl (C=O) groups excluding carboxylic acids is 2. The van der Waals surface area contributed by atoms with Crippen molar-refractivity contribution in [3.05, 3.63) is 0 Å². The number of carboxylic acids is 1. The van der Waals surface area contributed by atoms with Crippen LogP contribution in [-0.4, -0.2) is 71.5 Å². The molecule has 0 saturated heterocycles. The molecule has 20 heavy (non-hydrogen) atoms. The van der Waals surface area contributed by atoms with Gasteiger partial charge in [0.2, 0.25) is 11.8 Å². The topological polar surface area (TPSA) is 90.0 Å². The van der Waals surface area contributed by atoms with Crippen LogP contribution < -0.4 is 5.32 Å². The zero-order chi connectivity index (χ0) is 15.3. The highest BCUT2D eigenvalue weighted by Gasteiger charge is 2.34. The van der Waals surface area contributed by atoms with Crippen LogP contribution in [0.5, 0.6) is 0 Å². The van der Waals surface area contributed by atoms with Gasteiger partial charge in [-0.25, -0.2) is 0 Å². The molecule has 0 bridgehead atoms. The largest absolute Gasteiger partial charge is 0.480 e. The summed E-state index contributed by atoms with van der Waals surface area (Å²) in [6, 6.07) is 0.294.